The van der Waals surface area contributed by atoms with Gasteiger partial charge in [0.05, 0.1) is 18.1 Å². The lowest BCUT2D eigenvalue weighted by Gasteiger charge is -2.22. The molecule has 0 amide bonds. The number of tetrazole rings is 1. The van der Waals surface area contributed by atoms with Crippen molar-refractivity contribution in [3.05, 3.63) is 39.9 Å². The predicted molar refractivity (Wildman–Crippen MR) is 117 cm³/mol. The molecule has 0 unspecified atom stereocenters. The molecule has 1 aliphatic heterocycles. The molecule has 170 valence electrons. The highest BCUT2D eigenvalue weighted by Gasteiger charge is 2.23. The van der Waals surface area contributed by atoms with Gasteiger partial charge in [0.25, 0.3) is 5.56 Å². The molecule has 0 saturated heterocycles. The van der Waals surface area contributed by atoms with Crippen molar-refractivity contribution in [2.45, 2.75) is 51.2 Å². The van der Waals surface area contributed by atoms with Crippen molar-refractivity contribution in [3.8, 4) is 11.5 Å². The molecule has 0 spiro atoms. The van der Waals surface area contributed by atoms with E-state index in [1.165, 1.54) is 12.8 Å². The molecule has 0 radical (unpaired) electrons. The molecule has 2 aliphatic rings. The number of rotatable bonds is 8. The van der Waals surface area contributed by atoms with Crippen LogP contribution in [0.5, 0.6) is 11.5 Å². The van der Waals surface area contributed by atoms with Gasteiger partial charge in [-0.15, -0.1) is 5.10 Å². The molecule has 10 heteroatoms. The van der Waals surface area contributed by atoms with Crippen LogP contribution in [0.2, 0.25) is 0 Å². The standard InChI is InChI=1S/C22H28N6O4/c29-7-3-6-27(14-21-24-25-26-28(21)17-4-1-2-5-17)13-16-10-15-11-19-20(32-9-8-31-19)12-18(15)23-22(16)30/h10-12,17,29H,1-9,13-14H2,(H,23,30). The lowest BCUT2D eigenvalue weighted by molar-refractivity contribution is 0.172. The Labute approximate surface area is 185 Å². The van der Waals surface area contributed by atoms with E-state index in [4.69, 9.17) is 9.47 Å². The van der Waals surface area contributed by atoms with Gasteiger partial charge in [-0.25, -0.2) is 4.68 Å². The van der Waals surface area contributed by atoms with Crippen molar-refractivity contribution in [1.82, 2.24) is 30.1 Å². The lowest BCUT2D eigenvalue weighted by Crippen LogP contribution is -2.30. The number of nitrogens with one attached hydrogen (secondary N) is 1. The Balaban J connectivity index is 1.40. The van der Waals surface area contributed by atoms with Gasteiger partial charge in [-0.05, 0) is 41.8 Å². The zero-order chi connectivity index (χ0) is 21.9. The van der Waals surface area contributed by atoms with E-state index in [-0.39, 0.29) is 12.2 Å². The van der Waals surface area contributed by atoms with Crippen molar-refractivity contribution < 1.29 is 14.6 Å². The Hall–Kier alpha value is -2.98. The quantitative estimate of drug-likeness (QED) is 0.544. The minimum atomic E-state index is -0.140. The Kier molecular flexibility index (Phi) is 6.04. The minimum absolute atomic E-state index is 0.0849. The maximum absolute atomic E-state index is 12.8. The summed E-state index contributed by atoms with van der Waals surface area (Å²) in [5.41, 5.74) is 1.22. The summed E-state index contributed by atoms with van der Waals surface area (Å²) in [5, 5.41) is 22.6. The summed E-state index contributed by atoms with van der Waals surface area (Å²) in [4.78, 5) is 17.9. The molecular weight excluding hydrogens is 412 g/mol. The number of hydrogen-bond donors (Lipinski definition) is 2. The number of aliphatic hydroxyl groups is 1. The van der Waals surface area contributed by atoms with Crippen molar-refractivity contribution in [2.75, 3.05) is 26.4 Å². The number of pyridine rings is 1. The molecule has 3 heterocycles. The van der Waals surface area contributed by atoms with Gasteiger partial charge in [-0.3, -0.25) is 9.69 Å². The first-order valence-electron chi connectivity index (χ1n) is 11.3. The number of hydrogen-bond acceptors (Lipinski definition) is 8. The van der Waals surface area contributed by atoms with Crippen LogP contribution in [0.4, 0.5) is 0 Å². The number of fused-ring (bicyclic) bond motifs is 2. The van der Waals surface area contributed by atoms with Gasteiger partial charge in [0.1, 0.15) is 13.2 Å². The highest BCUT2D eigenvalue weighted by Crippen LogP contribution is 2.34. The molecule has 0 atom stereocenters. The van der Waals surface area contributed by atoms with Crippen LogP contribution in [-0.2, 0) is 13.1 Å². The van der Waals surface area contributed by atoms with E-state index in [9.17, 15) is 9.90 Å². The van der Waals surface area contributed by atoms with Crippen molar-refractivity contribution in [2.24, 2.45) is 0 Å². The van der Waals surface area contributed by atoms with Crippen molar-refractivity contribution in [1.29, 1.82) is 0 Å². The molecule has 1 aromatic carbocycles. The monoisotopic (exact) mass is 440 g/mol. The highest BCUT2D eigenvalue weighted by atomic mass is 16.6. The van der Waals surface area contributed by atoms with Crippen molar-refractivity contribution in [3.63, 3.8) is 0 Å². The van der Waals surface area contributed by atoms with Gasteiger partial charge in [0.2, 0.25) is 0 Å². The van der Waals surface area contributed by atoms with E-state index in [2.05, 4.69) is 25.4 Å². The molecule has 1 saturated carbocycles. The number of benzene rings is 1. The van der Waals surface area contributed by atoms with Gasteiger partial charge in [-0.2, -0.15) is 0 Å². The SMILES string of the molecule is O=c1[nH]c2cc3c(cc2cc1CN(CCCO)Cc1nnnn1C1CCCC1)OCCO3. The minimum Gasteiger partial charge on any atom is -0.486 e. The summed E-state index contributed by atoms with van der Waals surface area (Å²) in [7, 11) is 0. The molecule has 1 fully saturated rings. The molecule has 3 aromatic rings. The predicted octanol–water partition coefficient (Wildman–Crippen LogP) is 1.79. The van der Waals surface area contributed by atoms with E-state index >= 15 is 0 Å². The molecule has 1 aliphatic carbocycles. The summed E-state index contributed by atoms with van der Waals surface area (Å²) in [6.07, 6.45) is 5.19. The summed E-state index contributed by atoms with van der Waals surface area (Å²) in [6, 6.07) is 5.96. The largest absolute Gasteiger partial charge is 0.486 e. The number of ether oxygens (including phenoxy) is 2. The van der Waals surface area contributed by atoms with Gasteiger partial charge in [0.15, 0.2) is 17.3 Å². The fourth-order valence-corrected chi connectivity index (χ4v) is 4.60. The molecule has 10 nitrogen and oxygen atoms in total. The highest BCUT2D eigenvalue weighted by molar-refractivity contribution is 5.83. The summed E-state index contributed by atoms with van der Waals surface area (Å²) < 4.78 is 13.2. The number of aliphatic hydroxyl groups excluding tert-OH is 1. The van der Waals surface area contributed by atoms with E-state index < -0.39 is 0 Å². The number of aromatic nitrogens is 5. The third-order valence-electron chi connectivity index (χ3n) is 6.21. The third kappa shape index (κ3) is 4.33. The molecule has 32 heavy (non-hydrogen) atoms. The van der Waals surface area contributed by atoms with Crippen LogP contribution >= 0.6 is 0 Å². The van der Waals surface area contributed by atoms with Crippen LogP contribution in [0, 0.1) is 0 Å². The Bertz CT molecular complexity index is 1140. The fraction of sp³-hybridized carbons (Fsp3) is 0.545. The zero-order valence-corrected chi connectivity index (χ0v) is 18.0. The first kappa shape index (κ1) is 20.9. The second-order valence-corrected chi connectivity index (χ2v) is 8.47. The maximum Gasteiger partial charge on any atom is 0.252 e. The van der Waals surface area contributed by atoms with Gasteiger partial charge in [0, 0.05) is 36.7 Å². The van der Waals surface area contributed by atoms with Crippen molar-refractivity contribution >= 4 is 10.9 Å². The van der Waals surface area contributed by atoms with Crippen LogP contribution in [0.3, 0.4) is 0 Å². The fourth-order valence-electron chi connectivity index (χ4n) is 4.60. The third-order valence-corrected chi connectivity index (χ3v) is 6.21. The van der Waals surface area contributed by atoms with Crippen LogP contribution in [0.1, 0.15) is 49.5 Å². The number of nitrogens with zero attached hydrogens (tertiary/aromatic N) is 5. The summed E-state index contributed by atoms with van der Waals surface area (Å²) >= 11 is 0. The molecule has 0 bridgehead atoms. The van der Waals surface area contributed by atoms with Gasteiger partial charge >= 0.3 is 0 Å². The Morgan fingerprint density at radius 1 is 1.12 bits per heavy atom. The van der Waals surface area contributed by atoms with E-state index in [1.807, 2.05) is 22.9 Å². The van der Waals surface area contributed by atoms with Crippen LogP contribution in [0.25, 0.3) is 10.9 Å². The van der Waals surface area contributed by atoms with Gasteiger partial charge in [-0.1, -0.05) is 12.8 Å². The lowest BCUT2D eigenvalue weighted by atomic mass is 10.1. The molecular formula is C22H28N6O4. The summed E-state index contributed by atoms with van der Waals surface area (Å²) in [5.74, 6) is 2.14. The first-order valence-corrected chi connectivity index (χ1v) is 11.3. The van der Waals surface area contributed by atoms with E-state index in [1.54, 1.807) is 0 Å². The summed E-state index contributed by atoms with van der Waals surface area (Å²) in [6.45, 7) is 2.67. The van der Waals surface area contributed by atoms with E-state index in [0.717, 1.165) is 29.6 Å². The zero-order valence-electron chi connectivity index (χ0n) is 18.0. The Morgan fingerprint density at radius 3 is 2.69 bits per heavy atom. The average Bonchev–Trinajstić information content (AvgIpc) is 3.48. The van der Waals surface area contributed by atoms with Crippen LogP contribution < -0.4 is 15.0 Å². The second-order valence-electron chi connectivity index (χ2n) is 8.47. The number of H-pyrrole nitrogens is 1. The van der Waals surface area contributed by atoms with Crippen LogP contribution in [0.15, 0.2) is 23.0 Å². The second kappa shape index (κ2) is 9.25. The average molecular weight is 441 g/mol. The number of aromatic amines is 1. The maximum atomic E-state index is 12.8. The normalized spacial score (nSPS) is 16.3. The molecule has 5 rings (SSSR count). The molecule has 2 N–H and O–H groups in total. The topological polar surface area (TPSA) is 118 Å². The van der Waals surface area contributed by atoms with E-state index in [0.29, 0.717) is 62.4 Å². The molecule has 2 aromatic heterocycles. The first-order chi connectivity index (χ1) is 15.7. The van der Waals surface area contributed by atoms with Crippen LogP contribution in [-0.4, -0.2) is 61.6 Å². The van der Waals surface area contributed by atoms with Gasteiger partial charge < -0.3 is 19.6 Å². The smallest absolute Gasteiger partial charge is 0.252 e. The Morgan fingerprint density at radius 2 is 1.91 bits per heavy atom.